The second-order valence-electron chi connectivity index (χ2n) is 7.10. The van der Waals surface area contributed by atoms with Gasteiger partial charge >= 0.3 is 0 Å². The van der Waals surface area contributed by atoms with Gasteiger partial charge in [0.1, 0.15) is 11.2 Å². The molecule has 4 aromatic rings. The van der Waals surface area contributed by atoms with Crippen LogP contribution in [0.25, 0.3) is 15.9 Å². The van der Waals surface area contributed by atoms with Crippen LogP contribution in [0.3, 0.4) is 0 Å². The zero-order valence-electron chi connectivity index (χ0n) is 15.3. The summed E-state index contributed by atoms with van der Waals surface area (Å²) in [5.74, 6) is 1.31. The Hall–Kier alpha value is -2.51. The van der Waals surface area contributed by atoms with Gasteiger partial charge in [-0.05, 0) is 36.8 Å². The maximum atomic E-state index is 6.10. The Morgan fingerprint density at radius 1 is 1.39 bits per heavy atom. The van der Waals surface area contributed by atoms with Gasteiger partial charge < -0.3 is 4.84 Å². The number of nitrogens with zero attached hydrogens (tertiary/aromatic N) is 5. The Balaban J connectivity index is 1.41. The Morgan fingerprint density at radius 3 is 3.18 bits per heavy atom. The lowest BCUT2D eigenvalue weighted by Gasteiger charge is -2.17. The normalized spacial score (nSPS) is 16.9. The van der Waals surface area contributed by atoms with Gasteiger partial charge in [0.25, 0.3) is 0 Å². The molecule has 0 aliphatic heterocycles. The van der Waals surface area contributed by atoms with Crippen LogP contribution in [-0.2, 0) is 24.3 Å². The van der Waals surface area contributed by atoms with E-state index in [1.54, 1.807) is 28.4 Å². The summed E-state index contributed by atoms with van der Waals surface area (Å²) in [6, 6.07) is 7.46. The zero-order valence-corrected chi connectivity index (χ0v) is 16.9. The number of hydrogen-bond acceptors (Lipinski definition) is 6. The van der Waals surface area contributed by atoms with Crippen molar-refractivity contribution in [3.05, 3.63) is 57.4 Å². The molecule has 142 valence electrons. The number of benzene rings is 1. The van der Waals surface area contributed by atoms with E-state index >= 15 is 0 Å². The second-order valence-corrected chi connectivity index (χ2v) is 8.59. The van der Waals surface area contributed by atoms with Crippen LogP contribution in [0.2, 0.25) is 5.02 Å². The average molecular weight is 412 g/mol. The maximum absolute atomic E-state index is 6.10. The van der Waals surface area contributed by atoms with Crippen LogP contribution < -0.4 is 0 Å². The summed E-state index contributed by atoms with van der Waals surface area (Å²) in [6.07, 6.45) is 6.74. The van der Waals surface area contributed by atoms with Crippen molar-refractivity contribution in [3.63, 3.8) is 0 Å². The summed E-state index contributed by atoms with van der Waals surface area (Å²) in [5, 5.41) is 10.3. The predicted octanol–water partition coefficient (Wildman–Crippen LogP) is 4.67. The van der Waals surface area contributed by atoms with Crippen molar-refractivity contribution in [1.29, 1.82) is 0 Å². The lowest BCUT2D eigenvalue weighted by molar-refractivity contribution is 0.126. The molecular formula is C20H18ClN5OS. The first kappa shape index (κ1) is 17.6. The van der Waals surface area contributed by atoms with Gasteiger partial charge in [0.15, 0.2) is 18.1 Å². The molecule has 1 unspecified atom stereocenters. The molecule has 0 amide bonds. The van der Waals surface area contributed by atoms with E-state index in [0.29, 0.717) is 10.8 Å². The van der Waals surface area contributed by atoms with Crippen LogP contribution in [0.5, 0.6) is 0 Å². The average Bonchev–Trinajstić information content (AvgIpc) is 3.26. The third-order valence-corrected chi connectivity index (χ3v) is 6.55. The third kappa shape index (κ3) is 3.14. The van der Waals surface area contributed by atoms with Crippen LogP contribution in [0.1, 0.15) is 35.2 Å². The topological polar surface area (TPSA) is 64.7 Å². The quantitative estimate of drug-likeness (QED) is 0.361. The Morgan fingerprint density at radius 2 is 2.29 bits per heavy atom. The molecule has 0 bridgehead atoms. The Bertz CT molecular complexity index is 1200. The van der Waals surface area contributed by atoms with Gasteiger partial charge in [0, 0.05) is 15.5 Å². The molecule has 1 aliphatic rings. The van der Waals surface area contributed by atoms with Crippen molar-refractivity contribution in [1.82, 2.24) is 19.6 Å². The first-order chi connectivity index (χ1) is 13.7. The molecule has 0 fully saturated rings. The van der Waals surface area contributed by atoms with Crippen molar-refractivity contribution >= 4 is 45.0 Å². The zero-order chi connectivity index (χ0) is 19.1. The molecule has 0 spiro atoms. The molecule has 3 heterocycles. The van der Waals surface area contributed by atoms with E-state index in [1.165, 1.54) is 16.9 Å². The van der Waals surface area contributed by atoms with Crippen molar-refractivity contribution in [2.24, 2.45) is 11.1 Å². The molecule has 1 aliphatic carbocycles. The minimum atomic E-state index is 0.188. The van der Waals surface area contributed by atoms with E-state index in [2.05, 4.69) is 22.2 Å². The van der Waals surface area contributed by atoms with Gasteiger partial charge in [-0.2, -0.15) is 0 Å². The molecule has 5 rings (SSSR count). The van der Waals surface area contributed by atoms with Crippen LogP contribution >= 0.6 is 22.9 Å². The molecule has 8 heteroatoms. The first-order valence-electron chi connectivity index (χ1n) is 9.23. The largest absolute Gasteiger partial charge is 0.387 e. The molecule has 0 saturated carbocycles. The smallest absolute Gasteiger partial charge is 0.192 e. The van der Waals surface area contributed by atoms with E-state index < -0.39 is 0 Å². The number of aryl methyl sites for hydroxylation is 1. The van der Waals surface area contributed by atoms with E-state index in [1.807, 2.05) is 24.3 Å². The van der Waals surface area contributed by atoms with Gasteiger partial charge in [-0.3, -0.25) is 0 Å². The van der Waals surface area contributed by atoms with Gasteiger partial charge in [0.2, 0.25) is 0 Å². The highest BCUT2D eigenvalue weighted by Crippen LogP contribution is 2.38. The summed E-state index contributed by atoms with van der Waals surface area (Å²) < 4.78 is 1.74. The summed E-state index contributed by atoms with van der Waals surface area (Å²) in [4.78, 5) is 17.2. The fraction of sp³-hybridized carbons (Fsp3) is 0.300. The number of aromatic nitrogens is 4. The van der Waals surface area contributed by atoms with Gasteiger partial charge in [-0.25, -0.2) is 14.5 Å². The van der Waals surface area contributed by atoms with Crippen LogP contribution in [-0.4, -0.2) is 25.8 Å². The number of halogens is 1. The highest BCUT2D eigenvalue weighted by molar-refractivity contribution is 7.19. The predicted molar refractivity (Wildman–Crippen MR) is 111 cm³/mol. The summed E-state index contributed by atoms with van der Waals surface area (Å²) >= 11 is 7.89. The SMILES string of the molecule is CC1CCc2c(sc3ncn4nc(CON=Cc5ccccc5Cl)nc4c23)C1. The Kier molecular flexibility index (Phi) is 4.49. The van der Waals surface area contributed by atoms with Crippen molar-refractivity contribution < 1.29 is 4.84 Å². The second kappa shape index (κ2) is 7.14. The van der Waals surface area contributed by atoms with Crippen molar-refractivity contribution in [2.75, 3.05) is 0 Å². The highest BCUT2D eigenvalue weighted by Gasteiger charge is 2.23. The van der Waals surface area contributed by atoms with Crippen LogP contribution in [0, 0.1) is 5.92 Å². The number of thiophene rings is 1. The number of fused-ring (bicyclic) bond motifs is 5. The van der Waals surface area contributed by atoms with E-state index in [4.69, 9.17) is 21.4 Å². The van der Waals surface area contributed by atoms with Gasteiger partial charge in [-0.1, -0.05) is 41.9 Å². The molecule has 0 radical (unpaired) electrons. The van der Waals surface area contributed by atoms with Gasteiger partial charge in [-0.15, -0.1) is 16.4 Å². The Labute approximate surface area is 170 Å². The standard InChI is InChI=1S/C20H18ClN5OS/c1-12-6-7-14-16(8-12)28-20-18(14)19-24-17(25-26(19)11-22-20)10-27-23-9-13-4-2-3-5-15(13)21/h2-5,9,11-12H,6-8,10H2,1H3. The molecule has 3 aromatic heterocycles. The number of hydrogen-bond donors (Lipinski definition) is 0. The van der Waals surface area contributed by atoms with E-state index in [0.717, 1.165) is 40.2 Å². The molecular weight excluding hydrogens is 394 g/mol. The molecule has 0 saturated heterocycles. The molecule has 1 atom stereocenters. The molecule has 0 N–H and O–H groups in total. The monoisotopic (exact) mass is 411 g/mol. The fourth-order valence-corrected chi connectivity index (χ4v) is 5.14. The minimum Gasteiger partial charge on any atom is -0.387 e. The van der Waals surface area contributed by atoms with Gasteiger partial charge in [0.05, 0.1) is 11.6 Å². The van der Waals surface area contributed by atoms with E-state index in [9.17, 15) is 0 Å². The number of rotatable bonds is 4. The minimum absolute atomic E-state index is 0.188. The van der Waals surface area contributed by atoms with Crippen molar-refractivity contribution in [3.8, 4) is 0 Å². The number of oxime groups is 1. The third-order valence-electron chi connectivity index (χ3n) is 5.04. The lowest BCUT2D eigenvalue weighted by Crippen LogP contribution is -2.08. The van der Waals surface area contributed by atoms with E-state index in [-0.39, 0.29) is 6.61 Å². The summed E-state index contributed by atoms with van der Waals surface area (Å²) in [6.45, 7) is 2.50. The fourth-order valence-electron chi connectivity index (χ4n) is 3.61. The van der Waals surface area contributed by atoms with Crippen molar-refractivity contribution in [2.45, 2.75) is 32.8 Å². The lowest BCUT2D eigenvalue weighted by atomic mass is 9.89. The highest BCUT2D eigenvalue weighted by atomic mass is 35.5. The molecule has 1 aromatic carbocycles. The summed E-state index contributed by atoms with van der Waals surface area (Å²) in [5.41, 5.74) is 3.05. The maximum Gasteiger partial charge on any atom is 0.192 e. The summed E-state index contributed by atoms with van der Waals surface area (Å²) in [7, 11) is 0. The van der Waals surface area contributed by atoms with Crippen LogP contribution in [0.15, 0.2) is 35.7 Å². The first-order valence-corrected chi connectivity index (χ1v) is 10.4. The molecule has 28 heavy (non-hydrogen) atoms. The van der Waals surface area contributed by atoms with Crippen LogP contribution in [0.4, 0.5) is 0 Å². The molecule has 6 nitrogen and oxygen atoms in total.